The van der Waals surface area contributed by atoms with E-state index in [1.807, 2.05) is 0 Å². The number of carbonyl (C=O) groups is 1. The van der Waals surface area contributed by atoms with Gasteiger partial charge in [-0.3, -0.25) is 4.79 Å². The van der Waals surface area contributed by atoms with Crippen molar-refractivity contribution in [2.45, 2.75) is 97.8 Å². The van der Waals surface area contributed by atoms with E-state index in [-0.39, 0.29) is 0 Å². The van der Waals surface area contributed by atoms with Crippen molar-refractivity contribution in [3.05, 3.63) is 34.9 Å². The Hall–Kier alpha value is -1.11. The molecule has 0 heterocycles. The lowest BCUT2D eigenvalue weighted by atomic mass is 9.91. The Morgan fingerprint density at radius 3 is 1.74 bits per heavy atom. The van der Waals surface area contributed by atoms with Crippen molar-refractivity contribution in [3.8, 4) is 0 Å². The zero-order valence-electron chi connectivity index (χ0n) is 16.0. The molecule has 0 fully saturated rings. The Balaban J connectivity index is 2.55. The van der Waals surface area contributed by atoms with Gasteiger partial charge in [0.05, 0.1) is 0 Å². The third-order valence-electron chi connectivity index (χ3n) is 4.64. The molecule has 0 saturated heterocycles. The number of hydrogen-bond acceptors (Lipinski definition) is 1. The number of Topliss-reactive ketones (excluding diaryl/α,β-unsaturated/α-hetero) is 1. The lowest BCUT2D eigenvalue weighted by Crippen LogP contribution is -2.03. The molecule has 1 aromatic carbocycles. The van der Waals surface area contributed by atoms with Crippen LogP contribution in [0.25, 0.3) is 0 Å². The molecule has 0 aliphatic heterocycles. The summed E-state index contributed by atoms with van der Waals surface area (Å²) in [6.45, 7) is 11.0. The van der Waals surface area contributed by atoms with Crippen LogP contribution in [0.15, 0.2) is 18.2 Å². The molecule has 0 spiro atoms. The van der Waals surface area contributed by atoms with E-state index in [9.17, 15) is 4.79 Å². The Kier molecular flexibility index (Phi) is 9.21. The molecule has 1 heteroatoms. The van der Waals surface area contributed by atoms with E-state index in [0.717, 1.165) is 12.0 Å². The number of rotatable bonds is 11. The normalized spacial score (nSPS) is 11.4. The highest BCUT2D eigenvalue weighted by molar-refractivity contribution is 5.96. The van der Waals surface area contributed by atoms with Crippen LogP contribution in [0.5, 0.6) is 0 Å². The van der Waals surface area contributed by atoms with Gasteiger partial charge in [-0.1, -0.05) is 79.2 Å². The van der Waals surface area contributed by atoms with Crippen LogP contribution in [0, 0.1) is 0 Å². The molecule has 0 aliphatic rings. The minimum Gasteiger partial charge on any atom is -0.294 e. The molecule has 1 aromatic rings. The van der Waals surface area contributed by atoms with Gasteiger partial charge in [0.15, 0.2) is 5.78 Å². The van der Waals surface area contributed by atoms with Crippen molar-refractivity contribution in [3.63, 3.8) is 0 Å². The lowest BCUT2D eigenvalue weighted by molar-refractivity contribution is 0.0979. The van der Waals surface area contributed by atoms with Crippen LogP contribution in [-0.2, 0) is 0 Å². The van der Waals surface area contributed by atoms with Gasteiger partial charge in [-0.15, -0.1) is 0 Å². The Morgan fingerprint density at radius 1 is 0.783 bits per heavy atom. The van der Waals surface area contributed by atoms with Gasteiger partial charge in [0.25, 0.3) is 0 Å². The zero-order chi connectivity index (χ0) is 17.2. The fraction of sp³-hybridized carbons (Fsp3) is 0.682. The highest BCUT2D eigenvalue weighted by atomic mass is 16.1. The molecular formula is C22H36O. The average Bonchev–Trinajstić information content (AvgIpc) is 2.53. The summed E-state index contributed by atoms with van der Waals surface area (Å²) in [7, 11) is 0. The molecule has 0 radical (unpaired) electrons. The van der Waals surface area contributed by atoms with E-state index in [2.05, 4.69) is 52.8 Å². The monoisotopic (exact) mass is 316 g/mol. The van der Waals surface area contributed by atoms with Crippen molar-refractivity contribution in [2.24, 2.45) is 0 Å². The number of ketones is 1. The van der Waals surface area contributed by atoms with Gasteiger partial charge in [0, 0.05) is 12.0 Å². The van der Waals surface area contributed by atoms with E-state index in [1.165, 1.54) is 49.7 Å². The fourth-order valence-corrected chi connectivity index (χ4v) is 2.89. The van der Waals surface area contributed by atoms with Crippen molar-refractivity contribution in [2.75, 3.05) is 0 Å². The summed E-state index contributed by atoms with van der Waals surface area (Å²) in [5, 5.41) is 0. The minimum atomic E-state index is 0.322. The van der Waals surface area contributed by atoms with E-state index < -0.39 is 0 Å². The first-order valence-corrected chi connectivity index (χ1v) is 9.63. The summed E-state index contributed by atoms with van der Waals surface area (Å²) in [4.78, 5) is 12.5. The minimum absolute atomic E-state index is 0.322. The molecule has 0 unspecified atom stereocenters. The summed E-state index contributed by atoms with van der Waals surface area (Å²) in [6, 6.07) is 6.49. The molecule has 0 bridgehead atoms. The molecule has 23 heavy (non-hydrogen) atoms. The van der Waals surface area contributed by atoms with Crippen LogP contribution in [0.3, 0.4) is 0 Å². The Bertz CT molecular complexity index is 445. The third-order valence-corrected chi connectivity index (χ3v) is 4.64. The van der Waals surface area contributed by atoms with Crippen molar-refractivity contribution < 1.29 is 4.79 Å². The highest BCUT2D eigenvalue weighted by Gasteiger charge is 2.12. The molecule has 0 aromatic heterocycles. The molecule has 0 N–H and O–H groups in total. The number of benzene rings is 1. The van der Waals surface area contributed by atoms with Crippen molar-refractivity contribution in [1.82, 2.24) is 0 Å². The van der Waals surface area contributed by atoms with Crippen LogP contribution in [0.4, 0.5) is 0 Å². The zero-order valence-corrected chi connectivity index (χ0v) is 16.0. The number of hydrogen-bond donors (Lipinski definition) is 0. The van der Waals surface area contributed by atoms with E-state index >= 15 is 0 Å². The van der Waals surface area contributed by atoms with Crippen LogP contribution in [0.2, 0.25) is 0 Å². The van der Waals surface area contributed by atoms with Gasteiger partial charge >= 0.3 is 0 Å². The predicted molar refractivity (Wildman–Crippen MR) is 102 cm³/mol. The van der Waals surface area contributed by atoms with Gasteiger partial charge in [-0.05, 0) is 41.5 Å². The summed E-state index contributed by atoms with van der Waals surface area (Å²) in [5.74, 6) is 1.26. The summed E-state index contributed by atoms with van der Waals surface area (Å²) in [6.07, 6.45) is 9.51. The smallest absolute Gasteiger partial charge is 0.162 e. The maximum atomic E-state index is 12.5. The lowest BCUT2D eigenvalue weighted by Gasteiger charge is -2.14. The Morgan fingerprint density at radius 2 is 1.26 bits per heavy atom. The van der Waals surface area contributed by atoms with Gasteiger partial charge in [0.2, 0.25) is 0 Å². The predicted octanol–water partition coefficient (Wildman–Crippen LogP) is 7.26. The number of unbranched alkanes of at least 4 members (excludes halogenated alkanes) is 6. The second kappa shape index (κ2) is 10.6. The summed E-state index contributed by atoms with van der Waals surface area (Å²) in [5.41, 5.74) is 3.50. The van der Waals surface area contributed by atoms with Gasteiger partial charge < -0.3 is 0 Å². The summed E-state index contributed by atoms with van der Waals surface area (Å²) >= 11 is 0. The first-order valence-electron chi connectivity index (χ1n) is 9.63. The largest absolute Gasteiger partial charge is 0.294 e. The topological polar surface area (TPSA) is 17.1 Å². The average molecular weight is 317 g/mol. The number of carbonyl (C=O) groups excluding carboxylic acids is 1. The van der Waals surface area contributed by atoms with Crippen molar-refractivity contribution >= 4 is 5.78 Å². The Labute approximate surface area is 143 Å². The SMILES string of the molecule is CCCCCCCCCC(=O)c1cc(C(C)C)cc(C(C)C)c1. The van der Waals surface area contributed by atoms with E-state index in [4.69, 9.17) is 0 Å². The second-order valence-electron chi connectivity index (χ2n) is 7.49. The van der Waals surface area contributed by atoms with Gasteiger partial charge in [0.1, 0.15) is 0 Å². The summed E-state index contributed by atoms with van der Waals surface area (Å²) < 4.78 is 0. The molecule has 0 atom stereocenters. The second-order valence-corrected chi connectivity index (χ2v) is 7.49. The fourth-order valence-electron chi connectivity index (χ4n) is 2.89. The molecule has 130 valence electrons. The molecule has 0 amide bonds. The van der Waals surface area contributed by atoms with Gasteiger partial charge in [-0.25, -0.2) is 0 Å². The maximum Gasteiger partial charge on any atom is 0.162 e. The van der Waals surface area contributed by atoms with Crippen LogP contribution < -0.4 is 0 Å². The molecule has 0 saturated carbocycles. The highest BCUT2D eigenvalue weighted by Crippen LogP contribution is 2.24. The van der Waals surface area contributed by atoms with E-state index in [0.29, 0.717) is 24.0 Å². The van der Waals surface area contributed by atoms with Crippen LogP contribution in [-0.4, -0.2) is 5.78 Å². The molecular weight excluding hydrogens is 280 g/mol. The third kappa shape index (κ3) is 7.33. The van der Waals surface area contributed by atoms with Crippen LogP contribution in [0.1, 0.15) is 119 Å². The van der Waals surface area contributed by atoms with Crippen molar-refractivity contribution in [1.29, 1.82) is 0 Å². The maximum absolute atomic E-state index is 12.5. The van der Waals surface area contributed by atoms with E-state index in [1.54, 1.807) is 0 Å². The van der Waals surface area contributed by atoms with Gasteiger partial charge in [-0.2, -0.15) is 0 Å². The standard InChI is InChI=1S/C22H36O/c1-6-7-8-9-10-11-12-13-22(23)21-15-19(17(2)3)14-20(16-21)18(4)5/h14-18H,6-13H2,1-5H3. The quantitative estimate of drug-likeness (QED) is 0.310. The molecule has 1 rings (SSSR count). The molecule has 0 aliphatic carbocycles. The first kappa shape index (κ1) is 19.9. The van der Waals surface area contributed by atoms with Crippen LogP contribution >= 0.6 is 0 Å². The first-order chi connectivity index (χ1) is 11.0. The molecule has 1 nitrogen and oxygen atoms in total.